The van der Waals surface area contributed by atoms with Crippen LogP contribution in [0.15, 0.2) is 24.3 Å². The lowest BCUT2D eigenvalue weighted by Crippen LogP contribution is -2.51. The molecule has 1 atom stereocenters. The molecular formula is C14H21FN2O3. The molecule has 20 heavy (non-hydrogen) atoms. The zero-order valence-corrected chi connectivity index (χ0v) is 12.0. The number of hydrogen-bond acceptors (Lipinski definition) is 3. The van der Waals surface area contributed by atoms with Crippen LogP contribution in [0.5, 0.6) is 5.75 Å². The Balaban J connectivity index is 2.52. The van der Waals surface area contributed by atoms with Gasteiger partial charge in [0.1, 0.15) is 18.2 Å². The molecule has 1 amide bonds. The van der Waals surface area contributed by atoms with Crippen LogP contribution in [-0.2, 0) is 0 Å². The van der Waals surface area contributed by atoms with Crippen LogP contribution in [0.4, 0.5) is 9.18 Å². The summed E-state index contributed by atoms with van der Waals surface area (Å²) in [6, 6.07) is 5.12. The number of nitrogens with zero attached hydrogens (tertiary/aromatic N) is 1. The fourth-order valence-corrected chi connectivity index (χ4v) is 1.66. The van der Waals surface area contributed by atoms with Gasteiger partial charge in [-0.1, -0.05) is 0 Å². The molecule has 0 bridgehead atoms. The highest BCUT2D eigenvalue weighted by Gasteiger charge is 2.27. The van der Waals surface area contributed by atoms with Crippen LogP contribution < -0.4 is 10.5 Å². The molecule has 0 saturated carbocycles. The van der Waals surface area contributed by atoms with Crippen LogP contribution in [0.25, 0.3) is 0 Å². The van der Waals surface area contributed by atoms with Crippen molar-refractivity contribution in [1.29, 1.82) is 0 Å². The van der Waals surface area contributed by atoms with E-state index in [4.69, 9.17) is 15.6 Å². The molecule has 0 spiro atoms. The number of carbonyl (C=O) groups is 1. The third-order valence-corrected chi connectivity index (χ3v) is 2.74. The number of amides is 1. The summed E-state index contributed by atoms with van der Waals surface area (Å²) in [5.41, 5.74) is 5.35. The SMILES string of the molecule is CC(C)(C)N(CC(N)COc1ccc(F)cc1)C(=O)O. The van der Waals surface area contributed by atoms with E-state index >= 15 is 0 Å². The van der Waals surface area contributed by atoms with Crippen molar-refractivity contribution in [2.75, 3.05) is 13.2 Å². The zero-order valence-electron chi connectivity index (χ0n) is 12.0. The lowest BCUT2D eigenvalue weighted by atomic mass is 10.1. The first-order valence-electron chi connectivity index (χ1n) is 6.34. The fourth-order valence-electron chi connectivity index (χ4n) is 1.66. The summed E-state index contributed by atoms with van der Waals surface area (Å²) in [4.78, 5) is 12.5. The van der Waals surface area contributed by atoms with Crippen LogP contribution in [0.3, 0.4) is 0 Å². The number of ether oxygens (including phenoxy) is 1. The third kappa shape index (κ3) is 5.05. The first kappa shape index (κ1) is 16.2. The van der Waals surface area contributed by atoms with Crippen LogP contribution in [0, 0.1) is 5.82 Å². The molecule has 0 aliphatic heterocycles. The van der Waals surface area contributed by atoms with Crippen molar-refractivity contribution in [2.24, 2.45) is 5.73 Å². The quantitative estimate of drug-likeness (QED) is 0.870. The molecule has 6 heteroatoms. The summed E-state index contributed by atoms with van der Waals surface area (Å²) in [6.45, 7) is 5.73. The van der Waals surface area contributed by atoms with Gasteiger partial charge in [0.25, 0.3) is 0 Å². The van der Waals surface area contributed by atoms with E-state index in [1.54, 1.807) is 20.8 Å². The Morgan fingerprint density at radius 1 is 1.40 bits per heavy atom. The Morgan fingerprint density at radius 2 is 1.95 bits per heavy atom. The van der Waals surface area contributed by atoms with Gasteiger partial charge >= 0.3 is 6.09 Å². The number of carboxylic acid groups (broad SMARTS) is 1. The Labute approximate surface area is 118 Å². The molecule has 0 aromatic heterocycles. The molecule has 0 aliphatic carbocycles. The third-order valence-electron chi connectivity index (χ3n) is 2.74. The van der Waals surface area contributed by atoms with Crippen LogP contribution >= 0.6 is 0 Å². The number of rotatable bonds is 5. The van der Waals surface area contributed by atoms with Gasteiger partial charge < -0.3 is 20.5 Å². The van der Waals surface area contributed by atoms with Crippen molar-refractivity contribution in [3.8, 4) is 5.75 Å². The summed E-state index contributed by atoms with van der Waals surface area (Å²) >= 11 is 0. The summed E-state index contributed by atoms with van der Waals surface area (Å²) in [5, 5.41) is 9.16. The van der Waals surface area contributed by atoms with E-state index in [1.165, 1.54) is 29.2 Å². The fraction of sp³-hybridized carbons (Fsp3) is 0.500. The maximum Gasteiger partial charge on any atom is 0.407 e. The van der Waals surface area contributed by atoms with Crippen molar-refractivity contribution in [3.63, 3.8) is 0 Å². The van der Waals surface area contributed by atoms with Crippen LogP contribution in [0.2, 0.25) is 0 Å². The Morgan fingerprint density at radius 3 is 2.40 bits per heavy atom. The van der Waals surface area contributed by atoms with E-state index in [2.05, 4.69) is 0 Å². The molecule has 0 aliphatic rings. The predicted octanol–water partition coefficient (Wildman–Crippen LogP) is 2.31. The maximum atomic E-state index is 12.7. The van der Waals surface area contributed by atoms with Gasteiger partial charge in [0.05, 0.1) is 6.04 Å². The lowest BCUT2D eigenvalue weighted by Gasteiger charge is -2.34. The minimum absolute atomic E-state index is 0.158. The number of benzene rings is 1. The smallest absolute Gasteiger partial charge is 0.407 e. The molecule has 0 fully saturated rings. The number of nitrogens with two attached hydrogens (primary N) is 1. The Bertz CT molecular complexity index is 443. The van der Waals surface area contributed by atoms with E-state index in [-0.39, 0.29) is 19.0 Å². The summed E-state index contributed by atoms with van der Waals surface area (Å²) in [5.74, 6) is 0.158. The van der Waals surface area contributed by atoms with Crippen molar-refractivity contribution in [2.45, 2.75) is 32.4 Å². The minimum atomic E-state index is -1.02. The molecule has 0 heterocycles. The molecule has 1 aromatic carbocycles. The number of halogens is 1. The molecular weight excluding hydrogens is 263 g/mol. The topological polar surface area (TPSA) is 75.8 Å². The van der Waals surface area contributed by atoms with Gasteiger partial charge in [-0.15, -0.1) is 0 Å². The van der Waals surface area contributed by atoms with Crippen LogP contribution in [0.1, 0.15) is 20.8 Å². The summed E-state index contributed by atoms with van der Waals surface area (Å²) in [7, 11) is 0. The number of hydrogen-bond donors (Lipinski definition) is 2. The van der Waals surface area contributed by atoms with Crippen molar-refractivity contribution >= 4 is 6.09 Å². The summed E-state index contributed by atoms with van der Waals surface area (Å²) in [6.07, 6.45) is -1.02. The summed E-state index contributed by atoms with van der Waals surface area (Å²) < 4.78 is 18.1. The monoisotopic (exact) mass is 284 g/mol. The van der Waals surface area contributed by atoms with E-state index in [0.717, 1.165) is 0 Å². The van der Waals surface area contributed by atoms with E-state index in [0.29, 0.717) is 5.75 Å². The second-order valence-corrected chi connectivity index (χ2v) is 5.59. The Kier molecular flexibility index (Phi) is 5.33. The van der Waals surface area contributed by atoms with Gasteiger partial charge in [-0.3, -0.25) is 0 Å². The van der Waals surface area contributed by atoms with E-state index in [9.17, 15) is 9.18 Å². The van der Waals surface area contributed by atoms with Crippen LogP contribution in [-0.4, -0.2) is 40.8 Å². The minimum Gasteiger partial charge on any atom is -0.492 e. The van der Waals surface area contributed by atoms with Gasteiger partial charge in [0.2, 0.25) is 0 Å². The molecule has 1 rings (SSSR count). The van der Waals surface area contributed by atoms with Crippen molar-refractivity contribution in [3.05, 3.63) is 30.1 Å². The highest BCUT2D eigenvalue weighted by molar-refractivity contribution is 5.66. The van der Waals surface area contributed by atoms with E-state index < -0.39 is 17.7 Å². The molecule has 1 aromatic rings. The molecule has 0 saturated heterocycles. The first-order chi connectivity index (χ1) is 9.20. The van der Waals surface area contributed by atoms with Gasteiger partial charge in [-0.25, -0.2) is 9.18 Å². The maximum absolute atomic E-state index is 12.7. The average Bonchev–Trinajstić information content (AvgIpc) is 2.33. The first-order valence-corrected chi connectivity index (χ1v) is 6.34. The molecule has 1 unspecified atom stereocenters. The molecule has 112 valence electrons. The predicted molar refractivity (Wildman–Crippen MR) is 74.4 cm³/mol. The highest BCUT2D eigenvalue weighted by Crippen LogP contribution is 2.15. The average molecular weight is 284 g/mol. The van der Waals surface area contributed by atoms with Crippen molar-refractivity contribution in [1.82, 2.24) is 4.90 Å². The van der Waals surface area contributed by atoms with E-state index in [1.807, 2.05) is 0 Å². The Hall–Kier alpha value is -1.82. The lowest BCUT2D eigenvalue weighted by molar-refractivity contribution is 0.0912. The molecule has 3 N–H and O–H groups in total. The van der Waals surface area contributed by atoms with Crippen molar-refractivity contribution < 1.29 is 19.0 Å². The normalized spacial score (nSPS) is 12.8. The van der Waals surface area contributed by atoms with Gasteiger partial charge in [0.15, 0.2) is 0 Å². The second kappa shape index (κ2) is 6.56. The largest absolute Gasteiger partial charge is 0.492 e. The van der Waals surface area contributed by atoms with Gasteiger partial charge in [-0.05, 0) is 45.0 Å². The van der Waals surface area contributed by atoms with Gasteiger partial charge in [-0.2, -0.15) is 0 Å². The molecule has 5 nitrogen and oxygen atoms in total. The highest BCUT2D eigenvalue weighted by atomic mass is 19.1. The molecule has 0 radical (unpaired) electrons. The zero-order chi connectivity index (χ0) is 15.3. The standard InChI is InChI=1S/C14H21FN2O3/c1-14(2,3)17(13(18)19)8-11(16)9-20-12-6-4-10(15)5-7-12/h4-7,11H,8-9,16H2,1-3H3,(H,18,19). The second-order valence-electron chi connectivity index (χ2n) is 5.59. The van der Waals surface area contributed by atoms with Gasteiger partial charge in [0, 0.05) is 12.1 Å².